The monoisotopic (exact) mass is 211 g/mol. The largest absolute Gasteiger partial charge is 0.289 e. The summed E-state index contributed by atoms with van der Waals surface area (Å²) in [5.41, 5.74) is 0.535. The molecule has 14 heavy (non-hydrogen) atoms. The highest BCUT2D eigenvalue weighted by Gasteiger charge is 2.00. The molecule has 1 aromatic carbocycles. The maximum absolute atomic E-state index is 11.4. The molecular formula is C10H10ClNO2. The van der Waals surface area contributed by atoms with Gasteiger partial charge < -0.3 is 0 Å². The second kappa shape index (κ2) is 4.79. The number of nitrogens with zero attached hydrogens (tertiary/aromatic N) is 1. The Morgan fingerprint density at radius 2 is 2.00 bits per heavy atom. The predicted molar refractivity (Wildman–Crippen MR) is 54.5 cm³/mol. The summed E-state index contributed by atoms with van der Waals surface area (Å²) in [6.07, 6.45) is 2.56. The van der Waals surface area contributed by atoms with E-state index in [1.54, 1.807) is 24.3 Å². The lowest BCUT2D eigenvalue weighted by molar-refractivity contribution is -0.0130. The van der Waals surface area contributed by atoms with Crippen LogP contribution < -0.4 is 0 Å². The zero-order chi connectivity index (χ0) is 10.6. The minimum Gasteiger partial charge on any atom is -0.289 e. The Labute approximate surface area is 87.2 Å². The summed E-state index contributed by atoms with van der Waals surface area (Å²) < 4.78 is 0. The van der Waals surface area contributed by atoms with Crippen LogP contribution in [0.15, 0.2) is 36.5 Å². The molecule has 4 heteroatoms. The first-order chi connectivity index (χ1) is 6.59. The Hall–Kier alpha value is -1.32. The summed E-state index contributed by atoms with van der Waals surface area (Å²) in [4.78, 5) is 11.4. The van der Waals surface area contributed by atoms with E-state index < -0.39 is 0 Å². The van der Waals surface area contributed by atoms with Crippen LogP contribution in [0.3, 0.4) is 0 Å². The van der Waals surface area contributed by atoms with Gasteiger partial charge in [0, 0.05) is 29.9 Å². The van der Waals surface area contributed by atoms with Gasteiger partial charge in [0.15, 0.2) is 5.78 Å². The molecule has 74 valence electrons. The quantitative estimate of drug-likeness (QED) is 0.474. The van der Waals surface area contributed by atoms with Crippen LogP contribution in [-0.2, 0) is 0 Å². The molecule has 3 nitrogen and oxygen atoms in total. The maximum Gasteiger partial charge on any atom is 0.187 e. The Morgan fingerprint density at radius 1 is 1.43 bits per heavy atom. The van der Waals surface area contributed by atoms with Gasteiger partial charge in [0.1, 0.15) is 0 Å². The van der Waals surface area contributed by atoms with Crippen molar-refractivity contribution in [1.29, 1.82) is 0 Å². The minimum absolute atomic E-state index is 0.178. The highest BCUT2D eigenvalue weighted by Crippen LogP contribution is 2.10. The molecule has 0 saturated carbocycles. The molecule has 1 aromatic rings. The smallest absolute Gasteiger partial charge is 0.187 e. The van der Waals surface area contributed by atoms with E-state index in [9.17, 15) is 4.79 Å². The summed E-state index contributed by atoms with van der Waals surface area (Å²) in [6.45, 7) is 0. The number of ketones is 1. The predicted octanol–water partition coefficient (Wildman–Crippen LogP) is 2.36. The van der Waals surface area contributed by atoms with Gasteiger partial charge in [0.05, 0.1) is 0 Å². The molecule has 0 aliphatic carbocycles. The number of carbonyl (C=O) groups is 1. The molecule has 0 aliphatic heterocycles. The van der Waals surface area contributed by atoms with Crippen molar-refractivity contribution in [2.24, 2.45) is 0 Å². The van der Waals surface area contributed by atoms with Gasteiger partial charge in [0.25, 0.3) is 0 Å². The van der Waals surface area contributed by atoms with Gasteiger partial charge in [-0.05, 0) is 24.3 Å². The first-order valence-electron chi connectivity index (χ1n) is 3.99. The summed E-state index contributed by atoms with van der Waals surface area (Å²) in [6, 6.07) is 6.55. The van der Waals surface area contributed by atoms with Crippen LogP contribution in [0.1, 0.15) is 10.4 Å². The van der Waals surface area contributed by atoms with Crippen molar-refractivity contribution in [3.05, 3.63) is 47.1 Å². The third-order valence-electron chi connectivity index (χ3n) is 1.57. The maximum atomic E-state index is 11.4. The molecule has 0 unspecified atom stereocenters. The number of hydroxylamine groups is 2. The van der Waals surface area contributed by atoms with Crippen molar-refractivity contribution in [1.82, 2.24) is 5.06 Å². The lowest BCUT2D eigenvalue weighted by atomic mass is 10.1. The number of hydrogen-bond donors (Lipinski definition) is 1. The fourth-order valence-corrected chi connectivity index (χ4v) is 1.01. The van der Waals surface area contributed by atoms with Gasteiger partial charge in [0.2, 0.25) is 0 Å². The van der Waals surface area contributed by atoms with Crippen LogP contribution in [0.2, 0.25) is 5.02 Å². The van der Waals surface area contributed by atoms with Crippen molar-refractivity contribution >= 4 is 17.4 Å². The second-order valence-corrected chi connectivity index (χ2v) is 3.20. The SMILES string of the molecule is CN(O)/C=C\C(=O)c1ccc(Cl)cc1. The van der Waals surface area contributed by atoms with Crippen molar-refractivity contribution in [2.75, 3.05) is 7.05 Å². The zero-order valence-electron chi connectivity index (χ0n) is 7.64. The van der Waals surface area contributed by atoms with Gasteiger partial charge in [-0.2, -0.15) is 0 Å². The van der Waals surface area contributed by atoms with Crippen LogP contribution in [0.4, 0.5) is 0 Å². The van der Waals surface area contributed by atoms with E-state index in [-0.39, 0.29) is 5.78 Å². The third kappa shape index (κ3) is 3.20. The van der Waals surface area contributed by atoms with Crippen LogP contribution in [0, 0.1) is 0 Å². The van der Waals surface area contributed by atoms with Crippen LogP contribution in [0.25, 0.3) is 0 Å². The molecule has 0 atom stereocenters. The van der Waals surface area contributed by atoms with Gasteiger partial charge in [-0.15, -0.1) is 0 Å². The first kappa shape index (κ1) is 10.8. The molecule has 0 aromatic heterocycles. The van der Waals surface area contributed by atoms with E-state index in [1.165, 1.54) is 19.3 Å². The standard InChI is InChI=1S/C10H10ClNO2/c1-12(14)7-6-10(13)8-2-4-9(11)5-3-8/h2-7,14H,1H3/b7-6-. The third-order valence-corrected chi connectivity index (χ3v) is 1.82. The first-order valence-corrected chi connectivity index (χ1v) is 4.37. The molecule has 0 radical (unpaired) electrons. The average Bonchev–Trinajstić information content (AvgIpc) is 2.15. The van der Waals surface area contributed by atoms with Crippen molar-refractivity contribution in [3.8, 4) is 0 Å². The topological polar surface area (TPSA) is 40.5 Å². The summed E-state index contributed by atoms with van der Waals surface area (Å²) in [5.74, 6) is -0.178. The number of halogens is 1. The van der Waals surface area contributed by atoms with Gasteiger partial charge in [-0.3, -0.25) is 15.1 Å². The van der Waals surface area contributed by atoms with E-state index in [0.29, 0.717) is 10.6 Å². The molecule has 0 fully saturated rings. The van der Waals surface area contributed by atoms with Crippen LogP contribution in [0.5, 0.6) is 0 Å². The summed E-state index contributed by atoms with van der Waals surface area (Å²) >= 11 is 5.67. The van der Waals surface area contributed by atoms with Crippen molar-refractivity contribution < 1.29 is 10.0 Å². The van der Waals surface area contributed by atoms with E-state index in [4.69, 9.17) is 16.8 Å². The molecule has 1 N–H and O–H groups in total. The molecule has 0 bridgehead atoms. The Bertz CT molecular complexity index is 344. The molecule has 0 heterocycles. The van der Waals surface area contributed by atoms with Crippen molar-refractivity contribution in [3.63, 3.8) is 0 Å². The average molecular weight is 212 g/mol. The zero-order valence-corrected chi connectivity index (χ0v) is 8.40. The molecule has 0 saturated heterocycles. The Morgan fingerprint density at radius 3 is 2.50 bits per heavy atom. The van der Waals surface area contributed by atoms with Gasteiger partial charge in [-0.25, -0.2) is 0 Å². The second-order valence-electron chi connectivity index (χ2n) is 2.76. The number of benzene rings is 1. The number of hydrogen-bond acceptors (Lipinski definition) is 3. The molecule has 0 amide bonds. The van der Waals surface area contributed by atoms with E-state index >= 15 is 0 Å². The lowest BCUT2D eigenvalue weighted by Crippen LogP contribution is -2.03. The fraction of sp³-hybridized carbons (Fsp3) is 0.100. The van der Waals surface area contributed by atoms with E-state index in [1.807, 2.05) is 0 Å². The molecule has 0 spiro atoms. The summed E-state index contributed by atoms with van der Waals surface area (Å²) in [7, 11) is 1.42. The van der Waals surface area contributed by atoms with E-state index in [0.717, 1.165) is 5.06 Å². The molecule has 0 aliphatic rings. The minimum atomic E-state index is -0.178. The van der Waals surface area contributed by atoms with Crippen molar-refractivity contribution in [2.45, 2.75) is 0 Å². The normalized spacial score (nSPS) is 10.5. The lowest BCUT2D eigenvalue weighted by Gasteiger charge is -2.00. The highest BCUT2D eigenvalue weighted by molar-refractivity contribution is 6.30. The molecule has 1 rings (SSSR count). The Balaban J connectivity index is 2.75. The van der Waals surface area contributed by atoms with Gasteiger partial charge in [-0.1, -0.05) is 11.6 Å². The van der Waals surface area contributed by atoms with Crippen LogP contribution >= 0.6 is 11.6 Å². The Kier molecular flexibility index (Phi) is 3.68. The van der Waals surface area contributed by atoms with E-state index in [2.05, 4.69) is 0 Å². The number of rotatable bonds is 3. The van der Waals surface area contributed by atoms with Gasteiger partial charge >= 0.3 is 0 Å². The number of allylic oxidation sites excluding steroid dienone is 1. The molecular weight excluding hydrogens is 202 g/mol. The number of carbonyl (C=O) groups excluding carboxylic acids is 1. The highest BCUT2D eigenvalue weighted by atomic mass is 35.5. The van der Waals surface area contributed by atoms with Crippen LogP contribution in [-0.4, -0.2) is 23.1 Å². The summed E-state index contributed by atoms with van der Waals surface area (Å²) in [5, 5.41) is 10.2. The fourth-order valence-electron chi connectivity index (χ4n) is 0.886.